The number of nitrogens with zero attached hydrogens (tertiary/aromatic N) is 2. The molecule has 0 aliphatic carbocycles. The Morgan fingerprint density at radius 2 is 2.36 bits per heavy atom. The third-order valence-electron chi connectivity index (χ3n) is 1.70. The van der Waals surface area contributed by atoms with Crippen LogP contribution in [0, 0.1) is 0 Å². The molecule has 0 unspecified atom stereocenters. The summed E-state index contributed by atoms with van der Waals surface area (Å²) in [5.41, 5.74) is 7.56. The minimum absolute atomic E-state index is 0.820. The van der Waals surface area contributed by atoms with Gasteiger partial charge in [0.25, 0.3) is 0 Å². The van der Waals surface area contributed by atoms with E-state index in [4.69, 9.17) is 5.73 Å². The molecule has 62 valence electrons. The van der Waals surface area contributed by atoms with Crippen LogP contribution in [0.4, 0.5) is 5.69 Å². The molecular formula is C8H15N3. The summed E-state index contributed by atoms with van der Waals surface area (Å²) in [7, 11) is 1.89. The summed E-state index contributed by atoms with van der Waals surface area (Å²) in [5.74, 6) is 0. The number of unbranched alkanes of at least 4 members (excludes halogenated alkanes) is 1. The van der Waals surface area contributed by atoms with Crippen LogP contribution in [0.5, 0.6) is 0 Å². The molecule has 1 rings (SSSR count). The van der Waals surface area contributed by atoms with Crippen molar-refractivity contribution in [3.63, 3.8) is 0 Å². The first-order chi connectivity index (χ1) is 5.24. The molecule has 0 atom stereocenters. The van der Waals surface area contributed by atoms with Gasteiger partial charge in [0.1, 0.15) is 0 Å². The number of rotatable bonds is 3. The second-order valence-corrected chi connectivity index (χ2v) is 2.81. The van der Waals surface area contributed by atoms with Crippen molar-refractivity contribution in [1.82, 2.24) is 9.78 Å². The predicted molar refractivity (Wildman–Crippen MR) is 46.2 cm³/mol. The molecule has 0 saturated carbocycles. The van der Waals surface area contributed by atoms with Crippen LogP contribution >= 0.6 is 0 Å². The number of nitrogen functional groups attached to an aromatic ring is 1. The van der Waals surface area contributed by atoms with Crippen LogP contribution in [-0.4, -0.2) is 9.78 Å². The molecule has 11 heavy (non-hydrogen) atoms. The SMILES string of the molecule is CCCCc1nn(C)cc1N. The Bertz CT molecular complexity index is 227. The number of aryl methyl sites for hydroxylation is 2. The third-order valence-corrected chi connectivity index (χ3v) is 1.70. The first-order valence-electron chi connectivity index (χ1n) is 4.02. The molecule has 0 bridgehead atoms. The lowest BCUT2D eigenvalue weighted by molar-refractivity contribution is 0.713. The zero-order valence-corrected chi connectivity index (χ0v) is 7.17. The van der Waals surface area contributed by atoms with Gasteiger partial charge in [-0.05, 0) is 12.8 Å². The van der Waals surface area contributed by atoms with Gasteiger partial charge in [-0.25, -0.2) is 0 Å². The molecule has 0 aliphatic heterocycles. The Balaban J connectivity index is 2.62. The third kappa shape index (κ3) is 1.97. The molecule has 0 aliphatic rings. The van der Waals surface area contributed by atoms with Crippen molar-refractivity contribution < 1.29 is 0 Å². The summed E-state index contributed by atoms with van der Waals surface area (Å²) >= 11 is 0. The Kier molecular flexibility index (Phi) is 2.52. The molecule has 3 heteroatoms. The lowest BCUT2D eigenvalue weighted by Gasteiger charge is -1.93. The van der Waals surface area contributed by atoms with Crippen LogP contribution in [0.2, 0.25) is 0 Å². The molecule has 0 saturated heterocycles. The van der Waals surface area contributed by atoms with Crippen LogP contribution < -0.4 is 5.73 Å². The molecule has 1 aromatic rings. The van der Waals surface area contributed by atoms with Gasteiger partial charge in [0.05, 0.1) is 11.4 Å². The largest absolute Gasteiger partial charge is 0.396 e. The average Bonchev–Trinajstić information content (AvgIpc) is 2.26. The van der Waals surface area contributed by atoms with Crippen molar-refractivity contribution in [2.45, 2.75) is 26.2 Å². The minimum atomic E-state index is 0.820. The molecule has 0 aromatic carbocycles. The Hall–Kier alpha value is -0.990. The van der Waals surface area contributed by atoms with Gasteiger partial charge < -0.3 is 5.73 Å². The number of nitrogens with two attached hydrogens (primary N) is 1. The summed E-state index contributed by atoms with van der Waals surface area (Å²) in [6, 6.07) is 0. The fourth-order valence-electron chi connectivity index (χ4n) is 1.09. The van der Waals surface area contributed by atoms with Gasteiger partial charge in [-0.2, -0.15) is 5.10 Å². The summed E-state index contributed by atoms with van der Waals surface area (Å²) < 4.78 is 1.76. The lowest BCUT2D eigenvalue weighted by atomic mass is 10.2. The number of hydrogen-bond acceptors (Lipinski definition) is 2. The van der Waals surface area contributed by atoms with E-state index in [2.05, 4.69) is 12.0 Å². The van der Waals surface area contributed by atoms with E-state index >= 15 is 0 Å². The predicted octanol–water partition coefficient (Wildman–Crippen LogP) is 1.34. The Morgan fingerprint density at radius 3 is 2.82 bits per heavy atom. The van der Waals surface area contributed by atoms with E-state index in [1.807, 2.05) is 13.2 Å². The van der Waals surface area contributed by atoms with E-state index in [1.54, 1.807) is 4.68 Å². The van der Waals surface area contributed by atoms with Crippen LogP contribution in [-0.2, 0) is 13.5 Å². The van der Waals surface area contributed by atoms with Gasteiger partial charge in [0.15, 0.2) is 0 Å². The summed E-state index contributed by atoms with van der Waals surface area (Å²) in [6.45, 7) is 2.17. The maximum absolute atomic E-state index is 5.70. The number of anilines is 1. The highest BCUT2D eigenvalue weighted by Gasteiger charge is 2.01. The maximum atomic E-state index is 5.70. The normalized spacial score (nSPS) is 10.4. The summed E-state index contributed by atoms with van der Waals surface area (Å²) in [6.07, 6.45) is 5.21. The van der Waals surface area contributed by atoms with E-state index in [-0.39, 0.29) is 0 Å². The molecule has 0 fully saturated rings. The fraction of sp³-hybridized carbons (Fsp3) is 0.625. The van der Waals surface area contributed by atoms with Crippen molar-refractivity contribution >= 4 is 5.69 Å². The van der Waals surface area contributed by atoms with Crippen molar-refractivity contribution in [2.75, 3.05) is 5.73 Å². The summed E-state index contributed by atoms with van der Waals surface area (Å²) in [5, 5.41) is 4.24. The molecule has 2 N–H and O–H groups in total. The van der Waals surface area contributed by atoms with E-state index in [0.717, 1.165) is 17.8 Å². The Morgan fingerprint density at radius 1 is 1.64 bits per heavy atom. The molecule has 0 spiro atoms. The lowest BCUT2D eigenvalue weighted by Crippen LogP contribution is -1.93. The molecule has 3 nitrogen and oxygen atoms in total. The average molecular weight is 153 g/mol. The second kappa shape index (κ2) is 3.42. The monoisotopic (exact) mass is 153 g/mol. The van der Waals surface area contributed by atoms with Gasteiger partial charge in [0.2, 0.25) is 0 Å². The highest BCUT2D eigenvalue weighted by atomic mass is 15.3. The van der Waals surface area contributed by atoms with Crippen molar-refractivity contribution in [3.8, 4) is 0 Å². The molecular weight excluding hydrogens is 138 g/mol. The molecule has 1 heterocycles. The molecule has 1 aromatic heterocycles. The van der Waals surface area contributed by atoms with Gasteiger partial charge in [-0.1, -0.05) is 13.3 Å². The van der Waals surface area contributed by atoms with Crippen molar-refractivity contribution in [1.29, 1.82) is 0 Å². The van der Waals surface area contributed by atoms with Gasteiger partial charge in [-0.3, -0.25) is 4.68 Å². The molecule has 0 radical (unpaired) electrons. The van der Waals surface area contributed by atoms with Gasteiger partial charge in [-0.15, -0.1) is 0 Å². The van der Waals surface area contributed by atoms with Gasteiger partial charge >= 0.3 is 0 Å². The van der Waals surface area contributed by atoms with Crippen LogP contribution in [0.1, 0.15) is 25.5 Å². The van der Waals surface area contributed by atoms with Crippen molar-refractivity contribution in [2.24, 2.45) is 7.05 Å². The van der Waals surface area contributed by atoms with E-state index < -0.39 is 0 Å². The second-order valence-electron chi connectivity index (χ2n) is 2.81. The zero-order chi connectivity index (χ0) is 8.27. The smallest absolute Gasteiger partial charge is 0.0853 e. The minimum Gasteiger partial charge on any atom is -0.396 e. The van der Waals surface area contributed by atoms with Gasteiger partial charge in [0, 0.05) is 13.2 Å². The standard InChI is InChI=1S/C8H15N3/c1-3-4-5-8-7(9)6-11(2)10-8/h6H,3-5,9H2,1-2H3. The topological polar surface area (TPSA) is 43.8 Å². The highest BCUT2D eigenvalue weighted by Crippen LogP contribution is 2.10. The van der Waals surface area contributed by atoms with E-state index in [1.165, 1.54) is 12.8 Å². The van der Waals surface area contributed by atoms with Crippen molar-refractivity contribution in [3.05, 3.63) is 11.9 Å². The number of hydrogen-bond donors (Lipinski definition) is 1. The Labute approximate surface area is 67.2 Å². The molecule has 0 amide bonds. The van der Waals surface area contributed by atoms with Crippen LogP contribution in [0.25, 0.3) is 0 Å². The van der Waals surface area contributed by atoms with Crippen LogP contribution in [0.15, 0.2) is 6.20 Å². The van der Waals surface area contributed by atoms with E-state index in [9.17, 15) is 0 Å². The zero-order valence-electron chi connectivity index (χ0n) is 7.17. The quantitative estimate of drug-likeness (QED) is 0.712. The maximum Gasteiger partial charge on any atom is 0.0853 e. The highest BCUT2D eigenvalue weighted by molar-refractivity contribution is 5.40. The summed E-state index contributed by atoms with van der Waals surface area (Å²) in [4.78, 5) is 0. The first kappa shape index (κ1) is 8.11. The number of aromatic nitrogens is 2. The van der Waals surface area contributed by atoms with Crippen LogP contribution in [0.3, 0.4) is 0 Å². The first-order valence-corrected chi connectivity index (χ1v) is 4.02. The van der Waals surface area contributed by atoms with E-state index in [0.29, 0.717) is 0 Å². The fourth-order valence-corrected chi connectivity index (χ4v) is 1.09.